The predicted molar refractivity (Wildman–Crippen MR) is 78.5 cm³/mol. The molecule has 0 bridgehead atoms. The van der Waals surface area contributed by atoms with E-state index in [4.69, 9.17) is 0 Å². The second-order valence-electron chi connectivity index (χ2n) is 4.41. The number of thiazole rings is 1. The number of halogens is 2. The lowest BCUT2D eigenvalue weighted by Crippen LogP contribution is -2.18. The van der Waals surface area contributed by atoms with Gasteiger partial charge in [0.15, 0.2) is 16.8 Å². The quantitative estimate of drug-likeness (QED) is 0.890. The van der Waals surface area contributed by atoms with Gasteiger partial charge in [0.2, 0.25) is 0 Å². The molecule has 0 radical (unpaired) electrons. The van der Waals surface area contributed by atoms with E-state index in [1.165, 1.54) is 23.5 Å². The van der Waals surface area contributed by atoms with Crippen LogP contribution in [-0.2, 0) is 0 Å². The van der Waals surface area contributed by atoms with Crippen LogP contribution < -0.4 is 10.6 Å². The molecule has 0 aliphatic rings. The van der Waals surface area contributed by atoms with Crippen LogP contribution in [0.5, 0.6) is 0 Å². The Morgan fingerprint density at radius 2 is 2.19 bits per heavy atom. The lowest BCUT2D eigenvalue weighted by molar-refractivity contribution is 0.102. The molecule has 112 valence electrons. The normalized spacial score (nSPS) is 12.2. The Balaban J connectivity index is 2.11. The highest BCUT2D eigenvalue weighted by Gasteiger charge is 2.17. The first kappa shape index (κ1) is 15.5. The first-order valence-electron chi connectivity index (χ1n) is 6.47. The fourth-order valence-electron chi connectivity index (χ4n) is 1.80. The van der Waals surface area contributed by atoms with Crippen molar-refractivity contribution in [2.45, 2.75) is 19.9 Å². The third-order valence-electron chi connectivity index (χ3n) is 2.89. The fourth-order valence-corrected chi connectivity index (χ4v) is 2.60. The van der Waals surface area contributed by atoms with E-state index in [9.17, 15) is 13.6 Å². The summed E-state index contributed by atoms with van der Waals surface area (Å²) in [5.41, 5.74) is 0.448. The molecule has 7 heteroatoms. The van der Waals surface area contributed by atoms with Crippen LogP contribution in [0.4, 0.5) is 13.9 Å². The largest absolute Gasteiger partial charge is 0.309 e. The lowest BCUT2D eigenvalue weighted by Gasteiger charge is -2.08. The van der Waals surface area contributed by atoms with Crippen LogP contribution in [0.1, 0.15) is 35.9 Å². The standard InChI is InChI=1S/C14H15F2N3OS/c1-3-17-8(2)11-7-21-14(18-11)19-13(20)9-5-4-6-10(15)12(9)16/h4-8,17H,3H2,1-2H3,(H,18,19,20). The number of hydrogen-bond donors (Lipinski definition) is 2. The highest BCUT2D eigenvalue weighted by atomic mass is 32.1. The van der Waals surface area contributed by atoms with Crippen molar-refractivity contribution in [1.82, 2.24) is 10.3 Å². The Morgan fingerprint density at radius 3 is 2.90 bits per heavy atom. The molecule has 0 aliphatic carbocycles. The molecular weight excluding hydrogens is 296 g/mol. The van der Waals surface area contributed by atoms with Crippen LogP contribution in [0, 0.1) is 11.6 Å². The molecule has 0 saturated carbocycles. The molecule has 4 nitrogen and oxygen atoms in total. The Labute approximate surface area is 125 Å². The summed E-state index contributed by atoms with van der Waals surface area (Å²) in [5.74, 6) is -2.93. The minimum Gasteiger partial charge on any atom is -0.309 e. The monoisotopic (exact) mass is 311 g/mol. The van der Waals surface area contributed by atoms with Gasteiger partial charge in [-0.2, -0.15) is 0 Å². The summed E-state index contributed by atoms with van der Waals surface area (Å²) in [6.45, 7) is 4.74. The van der Waals surface area contributed by atoms with Gasteiger partial charge in [0.1, 0.15) is 0 Å². The molecule has 2 N–H and O–H groups in total. The number of amides is 1. The van der Waals surface area contributed by atoms with Gasteiger partial charge in [-0.15, -0.1) is 11.3 Å². The molecule has 0 aliphatic heterocycles. The van der Waals surface area contributed by atoms with Crippen LogP contribution in [0.3, 0.4) is 0 Å². The number of anilines is 1. The van der Waals surface area contributed by atoms with E-state index in [2.05, 4.69) is 15.6 Å². The number of carbonyl (C=O) groups is 1. The second-order valence-corrected chi connectivity index (χ2v) is 5.27. The van der Waals surface area contributed by atoms with Crippen molar-refractivity contribution in [3.05, 3.63) is 46.5 Å². The van der Waals surface area contributed by atoms with Crippen molar-refractivity contribution in [2.24, 2.45) is 0 Å². The first-order chi connectivity index (χ1) is 10.0. The first-order valence-corrected chi connectivity index (χ1v) is 7.35. The maximum absolute atomic E-state index is 13.5. The molecule has 1 heterocycles. The summed E-state index contributed by atoms with van der Waals surface area (Å²) in [5, 5.41) is 7.84. The zero-order chi connectivity index (χ0) is 15.4. The van der Waals surface area contributed by atoms with Crippen molar-refractivity contribution < 1.29 is 13.6 Å². The van der Waals surface area contributed by atoms with Crippen molar-refractivity contribution >= 4 is 22.4 Å². The van der Waals surface area contributed by atoms with Gasteiger partial charge in [-0.1, -0.05) is 13.0 Å². The fraction of sp³-hybridized carbons (Fsp3) is 0.286. The summed E-state index contributed by atoms with van der Waals surface area (Å²) in [4.78, 5) is 16.2. The summed E-state index contributed by atoms with van der Waals surface area (Å²) >= 11 is 1.24. The lowest BCUT2D eigenvalue weighted by atomic mass is 10.2. The predicted octanol–water partition coefficient (Wildman–Crippen LogP) is 3.34. The minimum absolute atomic E-state index is 0.0582. The zero-order valence-electron chi connectivity index (χ0n) is 11.6. The molecular formula is C14H15F2N3OS. The summed E-state index contributed by atoms with van der Waals surface area (Å²) in [6, 6.07) is 3.53. The summed E-state index contributed by atoms with van der Waals surface area (Å²) in [6.07, 6.45) is 0. The smallest absolute Gasteiger partial charge is 0.260 e. The summed E-state index contributed by atoms with van der Waals surface area (Å²) < 4.78 is 26.6. The topological polar surface area (TPSA) is 54.0 Å². The van der Waals surface area contributed by atoms with E-state index in [1.807, 2.05) is 19.2 Å². The van der Waals surface area contributed by atoms with E-state index in [1.54, 1.807) is 0 Å². The average molecular weight is 311 g/mol. The molecule has 2 rings (SSSR count). The molecule has 0 saturated heterocycles. The molecule has 0 fully saturated rings. The van der Waals surface area contributed by atoms with Gasteiger partial charge in [0.25, 0.3) is 5.91 Å². The zero-order valence-corrected chi connectivity index (χ0v) is 12.4. The number of benzene rings is 1. The van der Waals surface area contributed by atoms with Crippen molar-refractivity contribution in [3.8, 4) is 0 Å². The second kappa shape index (κ2) is 6.73. The number of carbonyl (C=O) groups excluding carboxylic acids is 1. The van der Waals surface area contributed by atoms with Gasteiger partial charge >= 0.3 is 0 Å². The van der Waals surface area contributed by atoms with E-state index in [-0.39, 0.29) is 11.6 Å². The number of hydrogen-bond acceptors (Lipinski definition) is 4. The van der Waals surface area contributed by atoms with Gasteiger partial charge < -0.3 is 5.32 Å². The van der Waals surface area contributed by atoms with E-state index in [0.29, 0.717) is 5.13 Å². The highest BCUT2D eigenvalue weighted by Crippen LogP contribution is 2.21. The van der Waals surface area contributed by atoms with Crippen molar-refractivity contribution in [1.29, 1.82) is 0 Å². The third kappa shape index (κ3) is 3.62. The molecule has 1 aromatic carbocycles. The Bertz CT molecular complexity index is 645. The minimum atomic E-state index is -1.16. The van der Waals surface area contributed by atoms with Crippen LogP contribution in [0.25, 0.3) is 0 Å². The van der Waals surface area contributed by atoms with Gasteiger partial charge in [-0.05, 0) is 25.6 Å². The van der Waals surface area contributed by atoms with Crippen LogP contribution in [0.2, 0.25) is 0 Å². The molecule has 2 aromatic rings. The van der Waals surface area contributed by atoms with Crippen molar-refractivity contribution in [3.63, 3.8) is 0 Å². The van der Waals surface area contributed by atoms with Gasteiger partial charge in [-0.25, -0.2) is 13.8 Å². The van der Waals surface area contributed by atoms with Crippen LogP contribution in [-0.4, -0.2) is 17.4 Å². The molecule has 1 unspecified atom stereocenters. The Hall–Kier alpha value is -1.86. The van der Waals surface area contributed by atoms with Crippen molar-refractivity contribution in [2.75, 3.05) is 11.9 Å². The van der Waals surface area contributed by atoms with Crippen LogP contribution in [0.15, 0.2) is 23.6 Å². The Morgan fingerprint density at radius 1 is 1.43 bits per heavy atom. The molecule has 1 aromatic heterocycles. The third-order valence-corrected chi connectivity index (χ3v) is 3.67. The Kier molecular flexibility index (Phi) is 4.98. The molecule has 1 atom stereocenters. The van der Waals surface area contributed by atoms with Crippen LogP contribution >= 0.6 is 11.3 Å². The van der Waals surface area contributed by atoms with E-state index in [0.717, 1.165) is 18.3 Å². The number of rotatable bonds is 5. The number of aromatic nitrogens is 1. The molecule has 1 amide bonds. The van der Waals surface area contributed by atoms with Gasteiger partial charge in [-0.3, -0.25) is 10.1 Å². The average Bonchev–Trinajstić information content (AvgIpc) is 2.90. The highest BCUT2D eigenvalue weighted by molar-refractivity contribution is 7.14. The number of nitrogens with one attached hydrogen (secondary N) is 2. The summed E-state index contributed by atoms with van der Waals surface area (Å²) in [7, 11) is 0. The van der Waals surface area contributed by atoms with E-state index < -0.39 is 17.5 Å². The molecule has 0 spiro atoms. The van der Waals surface area contributed by atoms with Gasteiger partial charge in [0, 0.05) is 11.4 Å². The van der Waals surface area contributed by atoms with Gasteiger partial charge in [0.05, 0.1) is 11.3 Å². The van der Waals surface area contributed by atoms with E-state index >= 15 is 0 Å². The molecule has 21 heavy (non-hydrogen) atoms. The maximum atomic E-state index is 13.5. The SMILES string of the molecule is CCNC(C)c1csc(NC(=O)c2cccc(F)c2F)n1. The number of nitrogens with zero attached hydrogens (tertiary/aromatic N) is 1. The maximum Gasteiger partial charge on any atom is 0.260 e.